The van der Waals surface area contributed by atoms with Crippen LogP contribution in [0.5, 0.6) is 11.5 Å². The van der Waals surface area contributed by atoms with Crippen LogP contribution in [-0.2, 0) is 6.54 Å². The van der Waals surface area contributed by atoms with Crippen molar-refractivity contribution >= 4 is 16.7 Å². The summed E-state index contributed by atoms with van der Waals surface area (Å²) in [7, 11) is 1.61. The van der Waals surface area contributed by atoms with Crippen molar-refractivity contribution in [3.63, 3.8) is 0 Å². The zero-order valence-corrected chi connectivity index (χ0v) is 16.2. The molecule has 150 valence electrons. The highest BCUT2D eigenvalue weighted by molar-refractivity contribution is 5.96. The van der Waals surface area contributed by atoms with Gasteiger partial charge >= 0.3 is 5.63 Å². The van der Waals surface area contributed by atoms with Gasteiger partial charge in [0.1, 0.15) is 22.9 Å². The molecule has 1 aromatic heterocycles. The molecular weight excluding hydrogens is 385 g/mol. The van der Waals surface area contributed by atoms with E-state index in [2.05, 4.69) is 0 Å². The predicted molar refractivity (Wildman–Crippen MR) is 113 cm³/mol. The number of halogens is 1. The van der Waals surface area contributed by atoms with Crippen molar-refractivity contribution in [1.82, 2.24) is 0 Å². The summed E-state index contributed by atoms with van der Waals surface area (Å²) in [6.07, 6.45) is 0. The summed E-state index contributed by atoms with van der Waals surface area (Å²) in [6.45, 7) is 0.805. The number of benzene rings is 3. The molecule has 6 heteroatoms. The van der Waals surface area contributed by atoms with Gasteiger partial charge in [-0.1, -0.05) is 12.1 Å². The van der Waals surface area contributed by atoms with Gasteiger partial charge in [-0.3, -0.25) is 0 Å². The highest BCUT2D eigenvalue weighted by Gasteiger charge is 2.23. The molecule has 3 aromatic carbocycles. The summed E-state index contributed by atoms with van der Waals surface area (Å²) in [6, 6.07) is 19.1. The van der Waals surface area contributed by atoms with Crippen molar-refractivity contribution < 1.29 is 18.3 Å². The molecule has 0 N–H and O–H groups in total. The van der Waals surface area contributed by atoms with Crippen LogP contribution < -0.4 is 20.0 Å². The lowest BCUT2D eigenvalue weighted by Gasteiger charge is -2.31. The fraction of sp³-hybridized carbons (Fsp3) is 0.125. The highest BCUT2D eigenvalue weighted by atomic mass is 19.1. The number of methoxy groups -OCH3 is 1. The highest BCUT2D eigenvalue weighted by Crippen LogP contribution is 2.37. The average Bonchev–Trinajstić information content (AvgIpc) is 2.78. The molecule has 0 spiro atoms. The summed E-state index contributed by atoms with van der Waals surface area (Å²) >= 11 is 0. The van der Waals surface area contributed by atoms with Crippen LogP contribution in [-0.4, -0.2) is 13.8 Å². The number of hydrogen-bond donors (Lipinski definition) is 0. The fourth-order valence-corrected chi connectivity index (χ4v) is 3.76. The first-order valence-corrected chi connectivity index (χ1v) is 9.50. The Kier molecular flexibility index (Phi) is 4.39. The van der Waals surface area contributed by atoms with Gasteiger partial charge < -0.3 is 18.8 Å². The van der Waals surface area contributed by atoms with E-state index < -0.39 is 5.63 Å². The van der Waals surface area contributed by atoms with Crippen LogP contribution in [0.3, 0.4) is 0 Å². The van der Waals surface area contributed by atoms with Crippen LogP contribution in [0, 0.1) is 5.82 Å². The molecule has 0 unspecified atom stereocenters. The second-order valence-corrected chi connectivity index (χ2v) is 7.07. The van der Waals surface area contributed by atoms with Gasteiger partial charge in [0.25, 0.3) is 0 Å². The maximum atomic E-state index is 13.3. The third-order valence-electron chi connectivity index (χ3n) is 5.29. The number of nitrogens with zero attached hydrogens (tertiary/aromatic N) is 1. The van der Waals surface area contributed by atoms with Crippen molar-refractivity contribution in [2.45, 2.75) is 6.54 Å². The Hall–Kier alpha value is -3.80. The van der Waals surface area contributed by atoms with Gasteiger partial charge in [-0.2, -0.15) is 0 Å². The van der Waals surface area contributed by atoms with E-state index in [1.807, 2.05) is 41.3 Å². The molecule has 5 rings (SSSR count). The van der Waals surface area contributed by atoms with E-state index in [0.29, 0.717) is 24.6 Å². The monoisotopic (exact) mass is 403 g/mol. The van der Waals surface area contributed by atoms with Crippen molar-refractivity contribution in [2.75, 3.05) is 18.7 Å². The van der Waals surface area contributed by atoms with Crippen LogP contribution >= 0.6 is 0 Å². The average molecular weight is 403 g/mol. The molecule has 30 heavy (non-hydrogen) atoms. The summed E-state index contributed by atoms with van der Waals surface area (Å²) in [4.78, 5) is 14.3. The van der Waals surface area contributed by atoms with Crippen molar-refractivity contribution in [1.29, 1.82) is 0 Å². The van der Waals surface area contributed by atoms with Gasteiger partial charge in [0.05, 0.1) is 19.2 Å². The van der Waals surface area contributed by atoms with E-state index in [0.717, 1.165) is 33.5 Å². The van der Waals surface area contributed by atoms with E-state index in [1.54, 1.807) is 19.2 Å². The van der Waals surface area contributed by atoms with Crippen LogP contribution in [0.4, 0.5) is 10.1 Å². The Morgan fingerprint density at radius 2 is 1.77 bits per heavy atom. The SMILES string of the molecule is COc1ccc(-c2cc(=O)oc3c4c(ccc23)OCN(c2ccc(F)cc2)C4)cc1. The van der Waals surface area contributed by atoms with Gasteiger partial charge in [0, 0.05) is 17.1 Å². The van der Waals surface area contributed by atoms with Crippen LogP contribution in [0.2, 0.25) is 0 Å². The molecule has 0 amide bonds. The minimum atomic E-state index is -0.430. The van der Waals surface area contributed by atoms with Crippen molar-refractivity contribution in [3.8, 4) is 22.6 Å². The molecule has 1 aliphatic heterocycles. The Bertz CT molecular complexity index is 1280. The Morgan fingerprint density at radius 1 is 1.00 bits per heavy atom. The van der Waals surface area contributed by atoms with Gasteiger partial charge in [0.15, 0.2) is 6.73 Å². The molecule has 0 bridgehead atoms. The topological polar surface area (TPSA) is 51.9 Å². The number of rotatable bonds is 3. The van der Waals surface area contributed by atoms with Gasteiger partial charge in [-0.05, 0) is 59.7 Å². The predicted octanol–water partition coefficient (Wildman–Crippen LogP) is 4.96. The van der Waals surface area contributed by atoms with E-state index in [-0.39, 0.29) is 5.82 Å². The lowest BCUT2D eigenvalue weighted by molar-refractivity contribution is 0.289. The molecule has 0 saturated carbocycles. The van der Waals surface area contributed by atoms with E-state index in [1.165, 1.54) is 18.2 Å². The first kappa shape index (κ1) is 18.2. The minimum absolute atomic E-state index is 0.294. The molecule has 0 fully saturated rings. The smallest absolute Gasteiger partial charge is 0.336 e. The lowest BCUT2D eigenvalue weighted by atomic mass is 9.99. The standard InChI is InChI=1S/C24H18FNO4/c1-28-18-8-2-15(3-9-18)20-12-23(27)30-24-19(20)10-11-22-21(24)13-26(14-29-22)17-6-4-16(25)5-7-17/h2-12H,13-14H2,1H3. The molecule has 0 radical (unpaired) electrons. The van der Waals surface area contributed by atoms with Crippen LogP contribution in [0.25, 0.3) is 22.1 Å². The molecule has 2 heterocycles. The van der Waals surface area contributed by atoms with Gasteiger partial charge in [-0.25, -0.2) is 9.18 Å². The fourth-order valence-electron chi connectivity index (χ4n) is 3.76. The summed E-state index contributed by atoms with van der Waals surface area (Å²) in [5, 5.41) is 0.822. The molecular formula is C24H18FNO4. The second kappa shape index (κ2) is 7.22. The zero-order valence-electron chi connectivity index (χ0n) is 16.2. The number of anilines is 1. The van der Waals surface area contributed by atoms with Crippen molar-refractivity contribution in [3.05, 3.63) is 88.5 Å². The minimum Gasteiger partial charge on any atom is -0.497 e. The molecule has 1 aliphatic rings. The molecule has 0 aliphatic carbocycles. The van der Waals surface area contributed by atoms with Crippen molar-refractivity contribution in [2.24, 2.45) is 0 Å². The van der Waals surface area contributed by atoms with Crippen LogP contribution in [0.1, 0.15) is 5.56 Å². The summed E-state index contributed by atoms with van der Waals surface area (Å²) < 4.78 is 30.0. The van der Waals surface area contributed by atoms with E-state index >= 15 is 0 Å². The molecule has 4 aromatic rings. The lowest BCUT2D eigenvalue weighted by Crippen LogP contribution is -2.32. The third-order valence-corrected chi connectivity index (χ3v) is 5.29. The van der Waals surface area contributed by atoms with Gasteiger partial charge in [-0.15, -0.1) is 0 Å². The zero-order chi connectivity index (χ0) is 20.7. The quantitative estimate of drug-likeness (QED) is 0.453. The maximum absolute atomic E-state index is 13.3. The van der Waals surface area contributed by atoms with Gasteiger partial charge in [0.2, 0.25) is 0 Å². The van der Waals surface area contributed by atoms with E-state index in [9.17, 15) is 9.18 Å². The Morgan fingerprint density at radius 3 is 2.50 bits per heavy atom. The van der Waals surface area contributed by atoms with Crippen LogP contribution in [0.15, 0.2) is 75.9 Å². The number of fused-ring (bicyclic) bond motifs is 3. The maximum Gasteiger partial charge on any atom is 0.336 e. The first-order valence-electron chi connectivity index (χ1n) is 9.50. The Balaban J connectivity index is 1.62. The number of hydrogen-bond acceptors (Lipinski definition) is 5. The summed E-state index contributed by atoms with van der Waals surface area (Å²) in [5.74, 6) is 1.13. The third kappa shape index (κ3) is 3.16. The normalized spacial score (nSPS) is 13.1. The first-order chi connectivity index (χ1) is 14.6. The second-order valence-electron chi connectivity index (χ2n) is 7.07. The summed E-state index contributed by atoms with van der Waals surface area (Å²) in [5.41, 5.74) is 3.35. The molecule has 5 nitrogen and oxygen atoms in total. The molecule has 0 atom stereocenters. The largest absolute Gasteiger partial charge is 0.497 e. The Labute approximate surface area is 171 Å². The van der Waals surface area contributed by atoms with E-state index in [4.69, 9.17) is 13.9 Å². The number of ether oxygens (including phenoxy) is 2. The molecule has 0 saturated heterocycles.